The minimum Gasteiger partial charge on any atom is -0.497 e. The molecule has 1 atom stereocenters. The third-order valence-electron chi connectivity index (χ3n) is 3.56. The predicted octanol–water partition coefficient (Wildman–Crippen LogP) is 2.79. The van der Waals surface area contributed by atoms with Gasteiger partial charge in [0, 0.05) is 11.8 Å². The first kappa shape index (κ1) is 21.8. The van der Waals surface area contributed by atoms with Gasteiger partial charge in [-0.05, 0) is 42.0 Å². The van der Waals surface area contributed by atoms with Crippen molar-refractivity contribution in [3.05, 3.63) is 48.0 Å². The predicted molar refractivity (Wildman–Crippen MR) is 113 cm³/mol. The topological polar surface area (TPSA) is 98.3 Å². The lowest BCUT2D eigenvalue weighted by molar-refractivity contribution is 0.186. The second-order valence-electron chi connectivity index (χ2n) is 5.24. The van der Waals surface area contributed by atoms with Crippen LogP contribution in [-0.4, -0.2) is 38.9 Å². The van der Waals surface area contributed by atoms with Gasteiger partial charge in [-0.2, -0.15) is 0 Å². The second-order valence-corrected chi connectivity index (χ2v) is 5.24. The highest BCUT2D eigenvalue weighted by molar-refractivity contribution is 14.0. The third kappa shape index (κ3) is 6.26. The number of anilines is 1. The molecule has 2 aromatic rings. The minimum absolute atomic E-state index is 0. The van der Waals surface area contributed by atoms with Crippen LogP contribution in [0.4, 0.5) is 5.69 Å². The average Bonchev–Trinajstić information content (AvgIpc) is 2.66. The molecule has 0 fully saturated rings. The van der Waals surface area contributed by atoms with E-state index in [2.05, 4.69) is 10.3 Å². The Morgan fingerprint density at radius 2 is 1.54 bits per heavy atom. The first-order valence-corrected chi connectivity index (χ1v) is 7.67. The maximum Gasteiger partial charge on any atom is 0.193 e. The fraction of sp³-hybridized carbons (Fsp3) is 0.278. The van der Waals surface area contributed by atoms with E-state index in [9.17, 15) is 5.11 Å². The zero-order valence-corrected chi connectivity index (χ0v) is 17.3. The maximum absolute atomic E-state index is 10.3. The van der Waals surface area contributed by atoms with E-state index in [1.165, 1.54) is 0 Å². The summed E-state index contributed by atoms with van der Waals surface area (Å²) >= 11 is 0. The lowest BCUT2D eigenvalue weighted by Crippen LogP contribution is -2.23. The van der Waals surface area contributed by atoms with Crippen LogP contribution in [0.1, 0.15) is 11.7 Å². The molecule has 0 radical (unpaired) electrons. The zero-order chi connectivity index (χ0) is 18.2. The number of halogens is 1. The summed E-state index contributed by atoms with van der Waals surface area (Å²) < 4.78 is 15.5. The number of guanidine groups is 1. The van der Waals surface area contributed by atoms with E-state index in [1.54, 1.807) is 39.5 Å². The number of benzene rings is 2. The summed E-state index contributed by atoms with van der Waals surface area (Å²) in [6.07, 6.45) is -0.833. The van der Waals surface area contributed by atoms with Gasteiger partial charge < -0.3 is 30.4 Å². The first-order valence-electron chi connectivity index (χ1n) is 7.67. The summed E-state index contributed by atoms with van der Waals surface area (Å²) in [6.45, 7) is 0.102. The molecule has 2 aromatic carbocycles. The van der Waals surface area contributed by atoms with Gasteiger partial charge in [-0.1, -0.05) is 0 Å². The van der Waals surface area contributed by atoms with Gasteiger partial charge >= 0.3 is 0 Å². The van der Waals surface area contributed by atoms with E-state index >= 15 is 0 Å². The van der Waals surface area contributed by atoms with Gasteiger partial charge in [0.05, 0.1) is 34.0 Å². The highest BCUT2D eigenvalue weighted by Crippen LogP contribution is 2.26. The van der Waals surface area contributed by atoms with Crippen LogP contribution in [0.25, 0.3) is 0 Å². The lowest BCUT2D eigenvalue weighted by atomic mass is 10.1. The van der Waals surface area contributed by atoms with Crippen molar-refractivity contribution in [3.63, 3.8) is 0 Å². The fourth-order valence-electron chi connectivity index (χ4n) is 2.17. The average molecular weight is 473 g/mol. The minimum atomic E-state index is -0.833. The Balaban J connectivity index is 0.00000338. The lowest BCUT2D eigenvalue weighted by Gasteiger charge is -2.13. The van der Waals surface area contributed by atoms with E-state index in [4.69, 9.17) is 19.9 Å². The van der Waals surface area contributed by atoms with Crippen molar-refractivity contribution in [2.45, 2.75) is 6.10 Å². The number of aliphatic imine (C=N–C) groups is 1. The molecule has 7 nitrogen and oxygen atoms in total. The first-order chi connectivity index (χ1) is 12.0. The molecule has 0 bridgehead atoms. The molecule has 0 saturated carbocycles. The Labute approximate surface area is 170 Å². The normalized spacial score (nSPS) is 11.9. The Kier molecular flexibility index (Phi) is 9.00. The summed E-state index contributed by atoms with van der Waals surface area (Å²) in [5.74, 6) is 2.16. The Morgan fingerprint density at radius 3 is 2.04 bits per heavy atom. The smallest absolute Gasteiger partial charge is 0.193 e. The number of nitrogens with two attached hydrogens (primary N) is 1. The van der Waals surface area contributed by atoms with E-state index in [1.807, 2.05) is 24.3 Å². The van der Waals surface area contributed by atoms with Crippen molar-refractivity contribution in [1.29, 1.82) is 0 Å². The number of aliphatic hydroxyl groups is 1. The quantitative estimate of drug-likeness (QED) is 0.325. The summed E-state index contributed by atoms with van der Waals surface area (Å²) in [4.78, 5) is 4.17. The largest absolute Gasteiger partial charge is 0.497 e. The molecule has 8 heteroatoms. The summed E-state index contributed by atoms with van der Waals surface area (Å²) in [6, 6.07) is 12.5. The van der Waals surface area contributed by atoms with Crippen LogP contribution in [0.15, 0.2) is 47.5 Å². The summed E-state index contributed by atoms with van der Waals surface area (Å²) in [7, 11) is 4.72. The van der Waals surface area contributed by atoms with Gasteiger partial charge in [-0.25, -0.2) is 0 Å². The number of methoxy groups -OCH3 is 3. The number of hydrogen-bond donors (Lipinski definition) is 3. The van der Waals surface area contributed by atoms with Crippen LogP contribution in [0.3, 0.4) is 0 Å². The molecule has 0 spiro atoms. The van der Waals surface area contributed by atoms with Gasteiger partial charge in [-0.15, -0.1) is 24.0 Å². The molecule has 0 saturated heterocycles. The summed E-state index contributed by atoms with van der Waals surface area (Å²) in [5.41, 5.74) is 7.28. The van der Waals surface area contributed by atoms with Crippen molar-refractivity contribution in [2.75, 3.05) is 33.2 Å². The van der Waals surface area contributed by atoms with Crippen LogP contribution in [0.2, 0.25) is 0 Å². The molecule has 0 aromatic heterocycles. The Morgan fingerprint density at radius 1 is 1.00 bits per heavy atom. The van der Waals surface area contributed by atoms with Crippen LogP contribution >= 0.6 is 24.0 Å². The van der Waals surface area contributed by atoms with E-state index in [0.717, 1.165) is 11.4 Å². The molecule has 0 aliphatic carbocycles. The van der Waals surface area contributed by atoms with E-state index in [0.29, 0.717) is 17.1 Å². The van der Waals surface area contributed by atoms with Gasteiger partial charge in [0.15, 0.2) is 5.96 Å². The maximum atomic E-state index is 10.3. The highest BCUT2D eigenvalue weighted by atomic mass is 127. The van der Waals surface area contributed by atoms with Crippen molar-refractivity contribution < 1.29 is 19.3 Å². The SMILES string of the molecule is COc1ccc(NC(N)=NCC(O)c2cc(OC)cc(OC)c2)cc1.I. The number of nitrogens with zero attached hydrogens (tertiary/aromatic N) is 1. The summed E-state index contributed by atoms with van der Waals surface area (Å²) in [5, 5.41) is 13.3. The number of ether oxygens (including phenoxy) is 3. The van der Waals surface area contributed by atoms with Crippen molar-refractivity contribution in [2.24, 2.45) is 10.7 Å². The third-order valence-corrected chi connectivity index (χ3v) is 3.56. The Bertz CT molecular complexity index is 701. The van der Waals surface area contributed by atoms with Crippen molar-refractivity contribution in [3.8, 4) is 17.2 Å². The van der Waals surface area contributed by atoms with Gasteiger partial charge in [-0.3, -0.25) is 4.99 Å². The van der Waals surface area contributed by atoms with E-state index in [-0.39, 0.29) is 36.5 Å². The monoisotopic (exact) mass is 473 g/mol. The van der Waals surface area contributed by atoms with E-state index < -0.39 is 6.10 Å². The standard InChI is InChI=1S/C18H23N3O4.HI/c1-23-14-6-4-13(5-7-14)21-18(19)20-11-17(22)12-8-15(24-2)10-16(9-12)25-3;/h4-10,17,22H,11H2,1-3H3,(H3,19,20,21);1H. The molecule has 0 heterocycles. The zero-order valence-electron chi connectivity index (χ0n) is 14.9. The van der Waals surface area contributed by atoms with Crippen molar-refractivity contribution >= 4 is 35.6 Å². The molecular weight excluding hydrogens is 449 g/mol. The van der Waals surface area contributed by atoms with Gasteiger partial charge in [0.1, 0.15) is 17.2 Å². The highest BCUT2D eigenvalue weighted by Gasteiger charge is 2.11. The number of nitrogens with one attached hydrogen (secondary N) is 1. The van der Waals surface area contributed by atoms with Gasteiger partial charge in [0.2, 0.25) is 0 Å². The second kappa shape index (κ2) is 10.7. The number of rotatable bonds is 7. The Hall–Kier alpha value is -2.20. The van der Waals surface area contributed by atoms with Crippen LogP contribution in [0.5, 0.6) is 17.2 Å². The molecule has 1 unspecified atom stereocenters. The van der Waals surface area contributed by atoms with Crippen LogP contribution < -0.4 is 25.3 Å². The number of aliphatic hydroxyl groups excluding tert-OH is 1. The molecule has 26 heavy (non-hydrogen) atoms. The molecule has 4 N–H and O–H groups in total. The molecule has 0 aliphatic heterocycles. The molecular formula is C18H24IN3O4. The van der Waals surface area contributed by atoms with Crippen molar-refractivity contribution in [1.82, 2.24) is 0 Å². The fourth-order valence-corrected chi connectivity index (χ4v) is 2.17. The molecule has 142 valence electrons. The molecule has 0 amide bonds. The van der Waals surface area contributed by atoms with Gasteiger partial charge in [0.25, 0.3) is 0 Å². The van der Waals surface area contributed by atoms with Crippen LogP contribution in [-0.2, 0) is 0 Å². The molecule has 2 rings (SSSR count). The number of hydrogen-bond acceptors (Lipinski definition) is 5. The molecule has 0 aliphatic rings. The van der Waals surface area contributed by atoms with Crippen LogP contribution in [0, 0.1) is 0 Å².